The molecule has 3 rings (SSSR count). The summed E-state index contributed by atoms with van der Waals surface area (Å²) in [5.74, 6) is -2.82. The number of nitrogens with zero attached hydrogens (tertiary/aromatic N) is 3. The first-order valence-corrected chi connectivity index (χ1v) is 8.94. The lowest BCUT2D eigenvalue weighted by molar-refractivity contribution is -0.159. The van der Waals surface area contributed by atoms with E-state index in [1.54, 1.807) is 0 Å². The second-order valence-electron chi connectivity index (χ2n) is 6.37. The van der Waals surface area contributed by atoms with Crippen LogP contribution in [0.1, 0.15) is 44.2 Å². The van der Waals surface area contributed by atoms with Crippen LogP contribution in [0.3, 0.4) is 0 Å². The maximum absolute atomic E-state index is 9.10. The third-order valence-corrected chi connectivity index (χ3v) is 4.39. The molecule has 0 aromatic carbocycles. The van der Waals surface area contributed by atoms with E-state index >= 15 is 0 Å². The van der Waals surface area contributed by atoms with Crippen LogP contribution in [-0.2, 0) is 22.6 Å². The van der Waals surface area contributed by atoms with Crippen LogP contribution in [0.5, 0.6) is 5.88 Å². The number of carboxylic acids is 2. The van der Waals surface area contributed by atoms with Gasteiger partial charge >= 0.3 is 11.9 Å². The summed E-state index contributed by atoms with van der Waals surface area (Å²) in [6, 6.07) is 2.12. The average molecular weight is 353 g/mol. The zero-order chi connectivity index (χ0) is 18.1. The normalized spacial score (nSPS) is 16.6. The van der Waals surface area contributed by atoms with Crippen LogP contribution in [0.25, 0.3) is 0 Å². The van der Waals surface area contributed by atoms with Gasteiger partial charge < -0.3 is 19.8 Å². The van der Waals surface area contributed by atoms with E-state index in [4.69, 9.17) is 24.5 Å². The van der Waals surface area contributed by atoms with E-state index in [2.05, 4.69) is 20.7 Å². The molecule has 0 bridgehead atoms. The first-order chi connectivity index (χ1) is 12.1. The van der Waals surface area contributed by atoms with Crippen molar-refractivity contribution in [3.63, 3.8) is 0 Å². The van der Waals surface area contributed by atoms with Crippen molar-refractivity contribution in [3.05, 3.63) is 11.8 Å². The maximum atomic E-state index is 9.10. The molecule has 1 aromatic rings. The quantitative estimate of drug-likeness (QED) is 0.591. The van der Waals surface area contributed by atoms with Gasteiger partial charge in [0.25, 0.3) is 0 Å². The van der Waals surface area contributed by atoms with Crippen LogP contribution in [0.2, 0.25) is 0 Å². The minimum atomic E-state index is -1.82. The number of aryl methyl sites for hydroxylation is 2. The zero-order valence-corrected chi connectivity index (χ0v) is 14.5. The number of carboxylic acid groups (broad SMARTS) is 2. The van der Waals surface area contributed by atoms with Crippen LogP contribution >= 0.6 is 0 Å². The second kappa shape index (κ2) is 10.0. The zero-order valence-electron chi connectivity index (χ0n) is 14.5. The lowest BCUT2D eigenvalue weighted by atomic mass is 10.1. The molecule has 0 amide bonds. The summed E-state index contributed by atoms with van der Waals surface area (Å²) in [7, 11) is 0. The molecule has 25 heavy (non-hydrogen) atoms. The molecule has 1 fully saturated rings. The molecule has 2 aliphatic heterocycles. The first-order valence-electron chi connectivity index (χ1n) is 8.94. The molecule has 140 valence electrons. The number of hydrogen-bond donors (Lipinski definition) is 2. The van der Waals surface area contributed by atoms with Crippen molar-refractivity contribution in [3.8, 4) is 5.88 Å². The molecule has 2 N–H and O–H groups in total. The Labute approximate surface area is 147 Å². The van der Waals surface area contributed by atoms with Gasteiger partial charge in [-0.15, -0.1) is 5.10 Å². The van der Waals surface area contributed by atoms with Gasteiger partial charge in [0.05, 0.1) is 6.61 Å². The molecular weight excluding hydrogens is 326 g/mol. The van der Waals surface area contributed by atoms with Crippen molar-refractivity contribution < 1.29 is 24.5 Å². The number of fused-ring (bicyclic) bond motifs is 1. The molecule has 3 heterocycles. The largest absolute Gasteiger partial charge is 0.477 e. The maximum Gasteiger partial charge on any atom is 0.414 e. The fraction of sp³-hybridized carbons (Fsp3) is 0.706. The van der Waals surface area contributed by atoms with E-state index in [-0.39, 0.29) is 0 Å². The number of rotatable bonds is 6. The molecule has 1 aromatic heterocycles. The molecule has 0 atom stereocenters. The highest BCUT2D eigenvalue weighted by atomic mass is 16.5. The van der Waals surface area contributed by atoms with Crippen molar-refractivity contribution >= 4 is 11.9 Å². The van der Waals surface area contributed by atoms with Gasteiger partial charge in [-0.25, -0.2) is 9.59 Å². The fourth-order valence-electron chi connectivity index (χ4n) is 3.08. The Morgan fingerprint density at radius 1 is 1.04 bits per heavy atom. The number of hydrogen-bond acceptors (Lipinski definition) is 5. The molecule has 0 spiro atoms. The minimum Gasteiger partial charge on any atom is -0.477 e. The summed E-state index contributed by atoms with van der Waals surface area (Å²) < 4.78 is 7.89. The highest BCUT2D eigenvalue weighted by Gasteiger charge is 2.13. The fourth-order valence-corrected chi connectivity index (χ4v) is 3.08. The molecular formula is C17H27N3O5. The standard InChI is InChI=1S/C15H25N3O.C2H2O4/c1-2-11-18-14(7-1)13-15(16-18)19-12-6-5-10-17-8-3-4-9-17;3-1(4)2(5)6/h13H,1-12H2;(H,3,4)(H,5,6). The molecule has 1 saturated heterocycles. The highest BCUT2D eigenvalue weighted by molar-refractivity contribution is 6.27. The Kier molecular flexibility index (Phi) is 7.72. The smallest absolute Gasteiger partial charge is 0.414 e. The van der Waals surface area contributed by atoms with Crippen molar-refractivity contribution in [1.82, 2.24) is 14.7 Å². The van der Waals surface area contributed by atoms with Gasteiger partial charge in [0.1, 0.15) is 0 Å². The Hall–Kier alpha value is -2.09. The molecule has 0 aliphatic carbocycles. The number of ether oxygens (including phenoxy) is 1. The lowest BCUT2D eigenvalue weighted by Gasteiger charge is -2.13. The molecule has 8 nitrogen and oxygen atoms in total. The van der Waals surface area contributed by atoms with Crippen molar-refractivity contribution in [1.29, 1.82) is 0 Å². The van der Waals surface area contributed by atoms with Gasteiger partial charge in [-0.3, -0.25) is 4.68 Å². The van der Waals surface area contributed by atoms with Crippen molar-refractivity contribution in [2.24, 2.45) is 0 Å². The van der Waals surface area contributed by atoms with Crippen LogP contribution < -0.4 is 4.74 Å². The van der Waals surface area contributed by atoms with Crippen molar-refractivity contribution in [2.45, 2.75) is 51.5 Å². The Balaban J connectivity index is 0.000000326. The molecule has 0 saturated carbocycles. The van der Waals surface area contributed by atoms with E-state index in [1.807, 2.05) is 0 Å². The van der Waals surface area contributed by atoms with E-state index in [1.165, 1.54) is 57.4 Å². The predicted molar refractivity (Wildman–Crippen MR) is 90.8 cm³/mol. The Morgan fingerprint density at radius 3 is 2.36 bits per heavy atom. The summed E-state index contributed by atoms with van der Waals surface area (Å²) in [4.78, 5) is 20.8. The summed E-state index contributed by atoms with van der Waals surface area (Å²) in [6.45, 7) is 5.71. The SMILES string of the molecule is O=C(O)C(=O)O.c1c(OCCCCN2CCCC2)nn2c1CCCC2. The van der Waals surface area contributed by atoms with Crippen LogP contribution in [0.4, 0.5) is 0 Å². The van der Waals surface area contributed by atoms with Gasteiger partial charge in [-0.2, -0.15) is 0 Å². The highest BCUT2D eigenvalue weighted by Crippen LogP contribution is 2.19. The summed E-state index contributed by atoms with van der Waals surface area (Å²) in [5, 5.41) is 19.3. The van der Waals surface area contributed by atoms with E-state index in [9.17, 15) is 0 Å². The average Bonchev–Trinajstić information content (AvgIpc) is 3.23. The molecule has 0 radical (unpaired) electrons. The van der Waals surface area contributed by atoms with Crippen LogP contribution in [0.15, 0.2) is 6.07 Å². The van der Waals surface area contributed by atoms with Crippen LogP contribution in [0, 0.1) is 0 Å². The number of aliphatic carboxylic acids is 2. The summed E-state index contributed by atoms with van der Waals surface area (Å²) >= 11 is 0. The Bertz CT molecular complexity index is 531. The van der Waals surface area contributed by atoms with Gasteiger partial charge in [0.15, 0.2) is 0 Å². The van der Waals surface area contributed by atoms with Gasteiger partial charge in [0.2, 0.25) is 5.88 Å². The summed E-state index contributed by atoms with van der Waals surface area (Å²) in [5.41, 5.74) is 1.35. The third-order valence-electron chi connectivity index (χ3n) is 4.39. The topological polar surface area (TPSA) is 105 Å². The summed E-state index contributed by atoms with van der Waals surface area (Å²) in [6.07, 6.45) is 8.86. The van der Waals surface area contributed by atoms with Crippen molar-refractivity contribution in [2.75, 3.05) is 26.2 Å². The monoisotopic (exact) mass is 353 g/mol. The third kappa shape index (κ3) is 6.74. The van der Waals surface area contributed by atoms with Gasteiger partial charge in [-0.05, 0) is 64.6 Å². The number of unbranched alkanes of at least 4 members (excludes halogenated alkanes) is 1. The molecule has 2 aliphatic rings. The first kappa shape index (κ1) is 19.2. The Morgan fingerprint density at radius 2 is 1.72 bits per heavy atom. The number of carbonyl (C=O) groups is 2. The van der Waals surface area contributed by atoms with E-state index in [0.29, 0.717) is 0 Å². The predicted octanol–water partition coefficient (Wildman–Crippen LogP) is 1.63. The minimum absolute atomic E-state index is 0.810. The van der Waals surface area contributed by atoms with Gasteiger partial charge in [-0.1, -0.05) is 0 Å². The number of aromatic nitrogens is 2. The van der Waals surface area contributed by atoms with Crippen LogP contribution in [-0.4, -0.2) is 63.1 Å². The number of likely N-dealkylation sites (tertiary alicyclic amines) is 1. The second-order valence-corrected chi connectivity index (χ2v) is 6.37. The molecule has 8 heteroatoms. The van der Waals surface area contributed by atoms with Gasteiger partial charge in [0, 0.05) is 18.3 Å². The van der Waals surface area contributed by atoms with E-state index in [0.717, 1.165) is 31.9 Å². The van der Waals surface area contributed by atoms with E-state index < -0.39 is 11.9 Å². The lowest BCUT2D eigenvalue weighted by Crippen LogP contribution is -2.20. The molecule has 0 unspecified atom stereocenters.